The predicted molar refractivity (Wildman–Crippen MR) is 45.3 cm³/mol. The van der Waals surface area contributed by atoms with E-state index in [0.29, 0.717) is 0 Å². The van der Waals surface area contributed by atoms with Crippen LogP contribution in [0.15, 0.2) is 18.5 Å². The lowest BCUT2D eigenvalue weighted by molar-refractivity contribution is -0.137. The number of nitrogens with zero attached hydrogens (tertiary/aromatic N) is 1. The number of carbonyl (C=O) groups is 1. The molecule has 0 aliphatic heterocycles. The van der Waals surface area contributed by atoms with Crippen molar-refractivity contribution in [3.05, 3.63) is 29.2 Å². The van der Waals surface area contributed by atoms with Crippen molar-refractivity contribution < 1.29 is 23.1 Å². The van der Waals surface area contributed by atoms with Gasteiger partial charge in [-0.15, -0.1) is 24.5 Å². The van der Waals surface area contributed by atoms with E-state index in [4.69, 9.17) is 5.11 Å². The van der Waals surface area contributed by atoms with Crippen molar-refractivity contribution in [3.8, 4) is 0 Å². The number of hydrogen-bond donors (Lipinski definition) is 1. The number of carboxylic acids is 1. The van der Waals surface area contributed by atoms with Gasteiger partial charge in [0.15, 0.2) is 10.7 Å². The number of hydrogen-bond acceptors (Lipinski definition) is 3. The molecule has 0 saturated heterocycles. The molecule has 1 aromatic heterocycles. The summed E-state index contributed by atoms with van der Waals surface area (Å²) in [5, 5.41) is 7.95. The van der Waals surface area contributed by atoms with E-state index in [1.807, 2.05) is 0 Å². The van der Waals surface area contributed by atoms with Crippen LogP contribution in [0.25, 0.3) is 0 Å². The first-order chi connectivity index (χ1) is 6.41. The molecule has 0 fully saturated rings. The largest absolute Gasteiger partial charge is 0.476 e. The van der Waals surface area contributed by atoms with E-state index in [2.05, 4.69) is 18.1 Å². The number of rotatable bonds is 1. The summed E-state index contributed by atoms with van der Waals surface area (Å²) < 4.78 is 35.5. The summed E-state index contributed by atoms with van der Waals surface area (Å²) in [4.78, 5) is 13.0. The second kappa shape index (κ2) is 4.75. The van der Waals surface area contributed by atoms with Gasteiger partial charge in [0, 0.05) is 5.38 Å². The summed E-state index contributed by atoms with van der Waals surface area (Å²) >= 11 is 0.268. The molecule has 0 bridgehead atoms. The minimum absolute atomic E-state index is 0.268. The van der Waals surface area contributed by atoms with Crippen LogP contribution in [0.4, 0.5) is 13.2 Å². The smallest absolute Gasteiger partial charge is 0.443 e. The molecule has 0 aliphatic carbocycles. The number of carboxylic acid groups (broad SMARTS) is 1. The summed E-state index contributed by atoms with van der Waals surface area (Å²) in [5.41, 5.74) is -0.577. The molecule has 14 heavy (non-hydrogen) atoms. The van der Waals surface area contributed by atoms with Gasteiger partial charge in [0.05, 0.1) is 0 Å². The second-order valence-electron chi connectivity index (χ2n) is 1.84. The van der Waals surface area contributed by atoms with Crippen LogP contribution < -0.4 is 0 Å². The van der Waals surface area contributed by atoms with Crippen molar-refractivity contribution in [2.75, 3.05) is 0 Å². The fourth-order valence-electron chi connectivity index (χ4n) is 0.502. The molecule has 0 spiro atoms. The zero-order chi connectivity index (χ0) is 11.4. The average Bonchev–Trinajstić information content (AvgIpc) is 2.54. The lowest BCUT2D eigenvalue weighted by Gasteiger charge is -1.98. The van der Waals surface area contributed by atoms with E-state index in [1.54, 1.807) is 0 Å². The number of aromatic carboxylic acids is 1. The Labute approximate surface area is 81.5 Å². The highest BCUT2D eigenvalue weighted by Gasteiger charge is 2.35. The standard InChI is InChI=1S/C5H2F3NO2S.C2H4/c6-5(7,8)4-9-2(1-12-4)3(10)11;1-2/h1H,(H,10,11);1-2H2. The van der Waals surface area contributed by atoms with Crippen molar-refractivity contribution >= 4 is 17.3 Å². The van der Waals surface area contributed by atoms with Crippen LogP contribution in [-0.4, -0.2) is 16.1 Å². The molecule has 0 unspecified atom stereocenters. The highest BCUT2D eigenvalue weighted by atomic mass is 32.1. The summed E-state index contributed by atoms with van der Waals surface area (Å²) in [6.07, 6.45) is -4.56. The molecule has 1 heterocycles. The van der Waals surface area contributed by atoms with Gasteiger partial charge in [-0.25, -0.2) is 9.78 Å². The van der Waals surface area contributed by atoms with E-state index in [0.717, 1.165) is 5.38 Å². The number of alkyl halides is 3. The maximum absolute atomic E-state index is 11.8. The van der Waals surface area contributed by atoms with Crippen molar-refractivity contribution in [3.63, 3.8) is 0 Å². The Bertz CT molecular complexity index is 321. The Morgan fingerprint density at radius 2 is 2.00 bits per heavy atom. The van der Waals surface area contributed by atoms with Crippen LogP contribution in [0.1, 0.15) is 15.5 Å². The van der Waals surface area contributed by atoms with Crippen LogP contribution in [0.2, 0.25) is 0 Å². The van der Waals surface area contributed by atoms with Gasteiger partial charge in [-0.05, 0) is 0 Å². The van der Waals surface area contributed by atoms with Crippen LogP contribution in [0.3, 0.4) is 0 Å². The van der Waals surface area contributed by atoms with E-state index < -0.39 is 22.8 Å². The summed E-state index contributed by atoms with van der Waals surface area (Å²) in [6, 6.07) is 0. The third-order valence-electron chi connectivity index (χ3n) is 0.966. The van der Waals surface area contributed by atoms with Gasteiger partial charge in [-0.2, -0.15) is 13.2 Å². The Hall–Kier alpha value is -1.37. The number of halogens is 3. The quantitative estimate of drug-likeness (QED) is 0.747. The maximum Gasteiger partial charge on any atom is 0.443 e. The SMILES string of the molecule is C=C.O=C(O)c1csc(C(F)(F)F)n1. The minimum Gasteiger partial charge on any atom is -0.476 e. The van der Waals surface area contributed by atoms with Gasteiger partial charge < -0.3 is 5.11 Å². The minimum atomic E-state index is -4.56. The van der Waals surface area contributed by atoms with Crippen molar-refractivity contribution in [1.82, 2.24) is 4.98 Å². The molecule has 7 heteroatoms. The third-order valence-corrected chi connectivity index (χ3v) is 1.85. The summed E-state index contributed by atoms with van der Waals surface area (Å²) in [7, 11) is 0. The van der Waals surface area contributed by atoms with Gasteiger partial charge in [0.2, 0.25) is 0 Å². The second-order valence-corrected chi connectivity index (χ2v) is 2.70. The molecule has 1 rings (SSSR count). The molecule has 0 atom stereocenters. The molecule has 1 N–H and O–H groups in total. The highest BCUT2D eigenvalue weighted by molar-refractivity contribution is 7.09. The Balaban J connectivity index is 0.000000791. The lowest BCUT2D eigenvalue weighted by Crippen LogP contribution is -2.05. The zero-order valence-corrected chi connectivity index (χ0v) is 7.65. The van der Waals surface area contributed by atoms with Crippen LogP contribution in [-0.2, 0) is 6.18 Å². The molecule has 78 valence electrons. The van der Waals surface area contributed by atoms with E-state index in [9.17, 15) is 18.0 Å². The Morgan fingerprint density at radius 3 is 2.21 bits per heavy atom. The first kappa shape index (κ1) is 12.6. The van der Waals surface area contributed by atoms with Crippen LogP contribution >= 0.6 is 11.3 Å². The number of thiazole rings is 1. The van der Waals surface area contributed by atoms with Gasteiger partial charge >= 0.3 is 12.1 Å². The first-order valence-electron chi connectivity index (χ1n) is 3.17. The van der Waals surface area contributed by atoms with E-state index >= 15 is 0 Å². The van der Waals surface area contributed by atoms with E-state index in [1.165, 1.54) is 0 Å². The highest BCUT2D eigenvalue weighted by Crippen LogP contribution is 2.31. The van der Waals surface area contributed by atoms with Gasteiger partial charge in [-0.3, -0.25) is 0 Å². The molecular weight excluding hydrogens is 219 g/mol. The van der Waals surface area contributed by atoms with Crippen LogP contribution in [0, 0.1) is 0 Å². The molecule has 0 saturated carbocycles. The Kier molecular flexibility index (Phi) is 4.29. The molecule has 0 aliphatic rings. The topological polar surface area (TPSA) is 50.2 Å². The predicted octanol–water partition coefficient (Wildman–Crippen LogP) is 2.66. The van der Waals surface area contributed by atoms with E-state index in [-0.39, 0.29) is 11.3 Å². The normalized spacial score (nSPS) is 10.2. The fourth-order valence-corrected chi connectivity index (χ4v) is 1.16. The molecule has 0 amide bonds. The van der Waals surface area contributed by atoms with Crippen molar-refractivity contribution in [2.45, 2.75) is 6.18 Å². The van der Waals surface area contributed by atoms with Crippen molar-refractivity contribution in [2.24, 2.45) is 0 Å². The zero-order valence-electron chi connectivity index (χ0n) is 6.84. The summed E-state index contributed by atoms with van der Waals surface area (Å²) in [5.74, 6) is -1.46. The van der Waals surface area contributed by atoms with Gasteiger partial charge in [0.1, 0.15) is 0 Å². The van der Waals surface area contributed by atoms with Gasteiger partial charge in [0.25, 0.3) is 0 Å². The monoisotopic (exact) mass is 225 g/mol. The van der Waals surface area contributed by atoms with Crippen LogP contribution in [0.5, 0.6) is 0 Å². The van der Waals surface area contributed by atoms with Gasteiger partial charge in [-0.1, -0.05) is 0 Å². The fraction of sp³-hybridized carbons (Fsp3) is 0.143. The molecule has 1 aromatic rings. The Morgan fingerprint density at radius 1 is 1.50 bits per heavy atom. The maximum atomic E-state index is 11.8. The molecule has 0 aromatic carbocycles. The third kappa shape index (κ3) is 3.17. The molecular formula is C7H6F3NO2S. The number of aromatic nitrogens is 1. The average molecular weight is 225 g/mol. The first-order valence-corrected chi connectivity index (χ1v) is 4.05. The molecule has 3 nitrogen and oxygen atoms in total. The van der Waals surface area contributed by atoms with Crippen molar-refractivity contribution in [1.29, 1.82) is 0 Å². The lowest BCUT2D eigenvalue weighted by atomic mass is 10.5. The summed E-state index contributed by atoms with van der Waals surface area (Å²) in [6.45, 7) is 6.00. The molecule has 0 radical (unpaired) electrons.